The maximum Gasteiger partial charge on any atom is 0.419 e. The number of imide groups is 1. The van der Waals surface area contributed by atoms with Gasteiger partial charge < -0.3 is 14.5 Å². The fraction of sp³-hybridized carbons (Fsp3) is 0.393. The Labute approximate surface area is 218 Å². The summed E-state index contributed by atoms with van der Waals surface area (Å²) in [5.41, 5.74) is 3.24. The van der Waals surface area contributed by atoms with E-state index in [9.17, 15) is 24.0 Å². The average molecular weight is 515 g/mol. The van der Waals surface area contributed by atoms with Crippen LogP contribution >= 0.6 is 0 Å². The summed E-state index contributed by atoms with van der Waals surface area (Å²) in [5.74, 6) is -0.740. The molecule has 3 heterocycles. The van der Waals surface area contributed by atoms with Crippen molar-refractivity contribution in [1.82, 2.24) is 10.2 Å². The normalized spacial score (nSPS) is 22.9. The summed E-state index contributed by atoms with van der Waals surface area (Å²) in [4.78, 5) is 67.8. The monoisotopic (exact) mass is 514 g/mol. The molecule has 2 aromatic rings. The van der Waals surface area contributed by atoms with Gasteiger partial charge in [0.1, 0.15) is 11.8 Å². The molecule has 2 aromatic carbocycles. The number of carbonyl (C=O) groups is 5. The van der Waals surface area contributed by atoms with Gasteiger partial charge in [-0.2, -0.15) is 0 Å². The molecule has 7 rings (SSSR count). The first kappa shape index (κ1) is 22.9. The Morgan fingerprint density at radius 1 is 1.05 bits per heavy atom. The van der Waals surface area contributed by atoms with E-state index < -0.39 is 23.5 Å². The number of nitrogens with zero attached hydrogens (tertiary/aromatic N) is 3. The molecule has 3 aliphatic heterocycles. The van der Waals surface area contributed by atoms with E-state index in [1.54, 1.807) is 19.2 Å². The van der Waals surface area contributed by atoms with Crippen LogP contribution in [0.3, 0.4) is 0 Å². The maximum absolute atomic E-state index is 13.1. The van der Waals surface area contributed by atoms with E-state index >= 15 is 0 Å². The van der Waals surface area contributed by atoms with E-state index in [0.29, 0.717) is 17.3 Å². The lowest BCUT2D eigenvalue weighted by atomic mass is 9.97. The Morgan fingerprint density at radius 3 is 2.55 bits per heavy atom. The van der Waals surface area contributed by atoms with Crippen LogP contribution in [0.5, 0.6) is 5.75 Å². The molecule has 0 radical (unpaired) electrons. The molecule has 1 atom stereocenters. The van der Waals surface area contributed by atoms with E-state index in [-0.39, 0.29) is 42.9 Å². The molecule has 1 spiro atoms. The van der Waals surface area contributed by atoms with Gasteiger partial charge in [-0.15, -0.1) is 0 Å². The molecule has 0 bridgehead atoms. The second-order valence-electron chi connectivity index (χ2n) is 10.8. The van der Waals surface area contributed by atoms with Crippen LogP contribution in [0.25, 0.3) is 0 Å². The summed E-state index contributed by atoms with van der Waals surface area (Å²) in [5, 5.41) is 2.29. The lowest BCUT2D eigenvalue weighted by Gasteiger charge is -2.29. The van der Waals surface area contributed by atoms with Gasteiger partial charge in [-0.1, -0.05) is 6.07 Å². The standard InChI is InChI=1S/C28H26N4O6/c1-30(17-5-7-21-20(12-17)28(10-11-28)26(36)32(21)16-3-4-16)27(37)38-18-6-2-15-14-31(25(35)19(15)13-18)22-8-9-23(33)29-24(22)34/h2,5-7,12-13,16,22H,3-4,8-11,14H2,1H3,(H,29,33,34). The Balaban J connectivity index is 1.08. The van der Waals surface area contributed by atoms with E-state index in [1.165, 1.54) is 15.9 Å². The van der Waals surface area contributed by atoms with Crippen LogP contribution in [-0.4, -0.2) is 53.8 Å². The lowest BCUT2D eigenvalue weighted by molar-refractivity contribution is -0.137. The van der Waals surface area contributed by atoms with Crippen molar-refractivity contribution in [2.45, 2.75) is 62.6 Å². The highest BCUT2D eigenvalue weighted by atomic mass is 16.6. The summed E-state index contributed by atoms with van der Waals surface area (Å²) in [7, 11) is 1.61. The van der Waals surface area contributed by atoms with Gasteiger partial charge in [0.05, 0.1) is 5.41 Å². The molecule has 38 heavy (non-hydrogen) atoms. The average Bonchev–Trinajstić information content (AvgIpc) is 3.82. The minimum atomic E-state index is -0.706. The molecular formula is C28H26N4O6. The van der Waals surface area contributed by atoms with Crippen molar-refractivity contribution in [2.24, 2.45) is 0 Å². The second kappa shape index (κ2) is 7.89. The quantitative estimate of drug-likeness (QED) is 0.627. The van der Waals surface area contributed by atoms with Crippen molar-refractivity contribution in [3.05, 3.63) is 53.1 Å². The molecular weight excluding hydrogens is 488 g/mol. The Hall–Kier alpha value is -4.21. The van der Waals surface area contributed by atoms with Crippen LogP contribution in [-0.2, 0) is 26.3 Å². The predicted octanol–water partition coefficient (Wildman–Crippen LogP) is 2.62. The zero-order chi connectivity index (χ0) is 26.3. The number of benzene rings is 2. The molecule has 3 fully saturated rings. The Morgan fingerprint density at radius 2 is 1.84 bits per heavy atom. The van der Waals surface area contributed by atoms with Crippen molar-refractivity contribution in [3.8, 4) is 5.75 Å². The first-order valence-corrected chi connectivity index (χ1v) is 13.0. The summed E-state index contributed by atoms with van der Waals surface area (Å²) < 4.78 is 5.61. The van der Waals surface area contributed by atoms with E-state index in [0.717, 1.165) is 42.5 Å². The number of piperidine rings is 1. The number of hydrogen-bond acceptors (Lipinski definition) is 6. The molecule has 194 valence electrons. The molecule has 1 N–H and O–H groups in total. The first-order chi connectivity index (χ1) is 18.3. The number of nitrogens with one attached hydrogen (secondary N) is 1. The fourth-order valence-corrected chi connectivity index (χ4v) is 5.96. The zero-order valence-electron chi connectivity index (χ0n) is 20.9. The molecule has 5 amide bonds. The second-order valence-corrected chi connectivity index (χ2v) is 10.8. The van der Waals surface area contributed by atoms with Gasteiger partial charge in [0.25, 0.3) is 5.91 Å². The van der Waals surface area contributed by atoms with Gasteiger partial charge in [-0.25, -0.2) is 4.79 Å². The SMILES string of the molecule is CN(C(=O)Oc1ccc2c(c1)C(=O)N(C1CCC(=O)NC1=O)C2)c1ccc2c(c1)C1(CC1)C(=O)N2C1CC1. The van der Waals surface area contributed by atoms with E-state index in [1.807, 2.05) is 23.1 Å². The van der Waals surface area contributed by atoms with Crippen molar-refractivity contribution in [3.63, 3.8) is 0 Å². The lowest BCUT2D eigenvalue weighted by Crippen LogP contribution is -2.52. The van der Waals surface area contributed by atoms with Gasteiger partial charge in [0.15, 0.2) is 0 Å². The maximum atomic E-state index is 13.1. The zero-order valence-corrected chi connectivity index (χ0v) is 20.9. The number of hydrogen-bond donors (Lipinski definition) is 1. The number of carbonyl (C=O) groups excluding carboxylic acids is 5. The van der Waals surface area contributed by atoms with Gasteiger partial charge in [0.2, 0.25) is 17.7 Å². The topological polar surface area (TPSA) is 116 Å². The van der Waals surface area contributed by atoms with Gasteiger partial charge >= 0.3 is 6.09 Å². The third-order valence-electron chi connectivity index (χ3n) is 8.41. The highest BCUT2D eigenvalue weighted by Crippen LogP contribution is 2.59. The summed E-state index contributed by atoms with van der Waals surface area (Å²) in [6.45, 7) is 0.252. The third-order valence-corrected chi connectivity index (χ3v) is 8.41. The summed E-state index contributed by atoms with van der Waals surface area (Å²) in [6, 6.07) is 10.1. The highest BCUT2D eigenvalue weighted by Gasteiger charge is 2.61. The summed E-state index contributed by atoms with van der Waals surface area (Å²) >= 11 is 0. The number of rotatable bonds is 4. The molecule has 1 saturated heterocycles. The molecule has 5 aliphatic rings. The molecule has 10 nitrogen and oxygen atoms in total. The van der Waals surface area contributed by atoms with Crippen LogP contribution in [0, 0.1) is 0 Å². The van der Waals surface area contributed by atoms with Crippen molar-refractivity contribution in [1.29, 1.82) is 0 Å². The van der Waals surface area contributed by atoms with Crippen LogP contribution in [0.15, 0.2) is 36.4 Å². The minimum Gasteiger partial charge on any atom is -0.410 e. The van der Waals surface area contributed by atoms with E-state index in [4.69, 9.17) is 4.74 Å². The van der Waals surface area contributed by atoms with Gasteiger partial charge in [-0.3, -0.25) is 29.4 Å². The summed E-state index contributed by atoms with van der Waals surface area (Å²) in [6.07, 6.45) is 3.57. The number of amides is 5. The van der Waals surface area contributed by atoms with Crippen LogP contribution in [0.4, 0.5) is 16.2 Å². The molecule has 0 aromatic heterocycles. The number of anilines is 2. The highest BCUT2D eigenvalue weighted by molar-refractivity contribution is 6.11. The molecule has 2 aliphatic carbocycles. The van der Waals surface area contributed by atoms with Gasteiger partial charge in [-0.05, 0) is 73.6 Å². The van der Waals surface area contributed by atoms with Crippen molar-refractivity contribution >= 4 is 41.1 Å². The van der Waals surface area contributed by atoms with Gasteiger partial charge in [0, 0.05) is 43.0 Å². The van der Waals surface area contributed by atoms with Crippen molar-refractivity contribution < 1.29 is 28.7 Å². The van der Waals surface area contributed by atoms with Crippen LogP contribution < -0.4 is 19.9 Å². The molecule has 1 unspecified atom stereocenters. The third kappa shape index (κ3) is 3.35. The molecule has 2 saturated carbocycles. The minimum absolute atomic E-state index is 0.183. The number of ether oxygens (including phenoxy) is 1. The smallest absolute Gasteiger partial charge is 0.410 e. The van der Waals surface area contributed by atoms with Crippen molar-refractivity contribution in [2.75, 3.05) is 16.8 Å². The predicted molar refractivity (Wildman–Crippen MR) is 135 cm³/mol. The molecule has 10 heteroatoms. The Bertz CT molecular complexity index is 1460. The Kier molecular flexibility index (Phi) is 4.77. The first-order valence-electron chi connectivity index (χ1n) is 13.0. The fourth-order valence-electron chi connectivity index (χ4n) is 5.96. The van der Waals surface area contributed by atoms with E-state index in [2.05, 4.69) is 5.32 Å². The number of fused-ring (bicyclic) bond motifs is 3. The largest absolute Gasteiger partial charge is 0.419 e. The van der Waals surface area contributed by atoms with Crippen LogP contribution in [0.1, 0.15) is 60.0 Å². The van der Waals surface area contributed by atoms with Crippen LogP contribution in [0.2, 0.25) is 0 Å².